The van der Waals surface area contributed by atoms with E-state index in [1.54, 1.807) is 12.1 Å². The summed E-state index contributed by atoms with van der Waals surface area (Å²) < 4.78 is 34.3. The van der Waals surface area contributed by atoms with Crippen LogP contribution in [0.2, 0.25) is 0 Å². The summed E-state index contributed by atoms with van der Waals surface area (Å²) in [7, 11) is 3.87. The van der Waals surface area contributed by atoms with Crippen LogP contribution in [0.25, 0.3) is 0 Å². The van der Waals surface area contributed by atoms with Crippen molar-refractivity contribution in [1.82, 2.24) is 0 Å². The number of unbranched alkanes of at least 4 members (excludes halogenated alkanes) is 1. The molecule has 1 N–H and O–H groups in total. The number of nitrogens with one attached hydrogen (secondary N) is 1. The molecule has 0 saturated carbocycles. The molecule has 1 amide bonds. The van der Waals surface area contributed by atoms with Gasteiger partial charge in [-0.05, 0) is 55.0 Å². The van der Waals surface area contributed by atoms with Gasteiger partial charge in [-0.15, -0.1) is 0 Å². The molecule has 3 rings (SSSR count). The second kappa shape index (κ2) is 11.2. The van der Waals surface area contributed by atoms with Crippen molar-refractivity contribution < 1.29 is 18.3 Å². The first kappa shape index (κ1) is 23.8. The topological polar surface area (TPSA) is 66.3 Å². The van der Waals surface area contributed by atoms with Gasteiger partial charge < -0.3 is 15.0 Å². The molecule has 6 nitrogen and oxygen atoms in total. The third kappa shape index (κ3) is 6.58. The quantitative estimate of drug-likeness (QED) is 0.284. The highest BCUT2D eigenvalue weighted by Crippen LogP contribution is 2.25. The van der Waals surface area contributed by atoms with Crippen molar-refractivity contribution >= 4 is 28.7 Å². The third-order valence-corrected chi connectivity index (χ3v) is 4.80. The Morgan fingerprint density at radius 3 is 2.27 bits per heavy atom. The Balaban J connectivity index is 1.65. The summed E-state index contributed by atoms with van der Waals surface area (Å²) in [5.41, 5.74) is 1.63. The second-order valence-corrected chi connectivity index (χ2v) is 7.57. The maximum absolute atomic E-state index is 14.5. The van der Waals surface area contributed by atoms with Gasteiger partial charge in [-0.25, -0.2) is 8.78 Å². The van der Waals surface area contributed by atoms with Crippen molar-refractivity contribution in [3.63, 3.8) is 0 Å². The Labute approximate surface area is 191 Å². The van der Waals surface area contributed by atoms with Gasteiger partial charge in [0, 0.05) is 31.9 Å². The minimum Gasteiger partial charge on any atom is -0.493 e. The zero-order valence-electron chi connectivity index (χ0n) is 18.8. The van der Waals surface area contributed by atoms with E-state index in [4.69, 9.17) is 4.74 Å². The molecule has 0 radical (unpaired) electrons. The normalized spacial score (nSPS) is 10.9. The van der Waals surface area contributed by atoms with Crippen LogP contribution < -0.4 is 15.0 Å². The molecule has 0 heterocycles. The molecule has 0 saturated heterocycles. The highest BCUT2D eigenvalue weighted by Gasteiger charge is 2.15. The maximum atomic E-state index is 14.5. The number of ether oxygens (including phenoxy) is 1. The molecule has 0 fully saturated rings. The van der Waals surface area contributed by atoms with E-state index in [0.29, 0.717) is 18.0 Å². The number of carbonyl (C=O) groups excluding carboxylic acids is 1. The Kier molecular flexibility index (Phi) is 8.07. The monoisotopic (exact) mass is 452 g/mol. The van der Waals surface area contributed by atoms with Crippen molar-refractivity contribution in [2.75, 3.05) is 30.9 Å². The van der Waals surface area contributed by atoms with E-state index in [-0.39, 0.29) is 16.9 Å². The van der Waals surface area contributed by atoms with Crippen molar-refractivity contribution in [2.24, 2.45) is 10.2 Å². The van der Waals surface area contributed by atoms with Crippen molar-refractivity contribution in [2.45, 2.75) is 19.8 Å². The van der Waals surface area contributed by atoms with E-state index in [9.17, 15) is 13.6 Å². The van der Waals surface area contributed by atoms with Gasteiger partial charge in [0.15, 0.2) is 0 Å². The Morgan fingerprint density at radius 2 is 1.64 bits per heavy atom. The Hall–Kier alpha value is -3.81. The number of anilines is 2. The summed E-state index contributed by atoms with van der Waals surface area (Å²) in [6.45, 7) is 2.49. The highest BCUT2D eigenvalue weighted by atomic mass is 19.1. The lowest BCUT2D eigenvalue weighted by atomic mass is 10.1. The number of carbonyl (C=O) groups is 1. The average molecular weight is 453 g/mol. The smallest absolute Gasteiger partial charge is 0.258 e. The predicted octanol–water partition coefficient (Wildman–Crippen LogP) is 6.88. The van der Waals surface area contributed by atoms with Gasteiger partial charge in [-0.2, -0.15) is 10.2 Å². The lowest BCUT2D eigenvalue weighted by Crippen LogP contribution is -2.14. The number of benzene rings is 3. The van der Waals surface area contributed by atoms with Crippen molar-refractivity contribution in [1.29, 1.82) is 0 Å². The number of halogens is 2. The number of hydrogen-bond donors (Lipinski definition) is 1. The number of azo groups is 1. The molecule has 0 unspecified atom stereocenters. The minimum atomic E-state index is -0.762. The molecule has 0 aliphatic rings. The zero-order valence-corrected chi connectivity index (χ0v) is 18.8. The van der Waals surface area contributed by atoms with Crippen LogP contribution in [-0.2, 0) is 0 Å². The molecule has 8 heteroatoms. The van der Waals surface area contributed by atoms with E-state index in [1.165, 1.54) is 24.3 Å². The summed E-state index contributed by atoms with van der Waals surface area (Å²) in [5, 5.41) is 10.5. The van der Waals surface area contributed by atoms with Crippen LogP contribution in [0, 0.1) is 11.6 Å². The van der Waals surface area contributed by atoms with E-state index in [1.807, 2.05) is 38.1 Å². The maximum Gasteiger partial charge on any atom is 0.258 e. The minimum absolute atomic E-state index is 0.0861. The molecule has 0 aliphatic heterocycles. The van der Waals surface area contributed by atoms with Crippen LogP contribution in [0.4, 0.5) is 31.5 Å². The number of nitrogens with zero attached hydrogens (tertiary/aromatic N) is 3. The van der Waals surface area contributed by atoms with E-state index < -0.39 is 17.5 Å². The van der Waals surface area contributed by atoms with Gasteiger partial charge in [0.1, 0.15) is 17.4 Å². The van der Waals surface area contributed by atoms with Gasteiger partial charge in [0.05, 0.1) is 29.2 Å². The predicted molar refractivity (Wildman–Crippen MR) is 126 cm³/mol. The van der Waals surface area contributed by atoms with E-state index >= 15 is 0 Å². The fourth-order valence-corrected chi connectivity index (χ4v) is 2.89. The molecule has 33 heavy (non-hydrogen) atoms. The van der Waals surface area contributed by atoms with Crippen LogP contribution in [0.1, 0.15) is 30.1 Å². The van der Waals surface area contributed by atoms with Crippen LogP contribution in [-0.4, -0.2) is 26.6 Å². The fourth-order valence-electron chi connectivity index (χ4n) is 2.89. The molecule has 0 spiro atoms. The molecule has 3 aromatic carbocycles. The fraction of sp³-hybridized carbons (Fsp3) is 0.240. The number of rotatable bonds is 9. The van der Waals surface area contributed by atoms with Crippen molar-refractivity contribution in [3.8, 4) is 5.75 Å². The molecular formula is C25H26F2N4O2. The van der Waals surface area contributed by atoms with Crippen LogP contribution in [0.3, 0.4) is 0 Å². The van der Waals surface area contributed by atoms with E-state index in [2.05, 4.69) is 15.5 Å². The summed E-state index contributed by atoms with van der Waals surface area (Å²) >= 11 is 0. The lowest BCUT2D eigenvalue weighted by molar-refractivity contribution is 0.102. The van der Waals surface area contributed by atoms with Gasteiger partial charge in [-0.3, -0.25) is 4.79 Å². The van der Waals surface area contributed by atoms with Gasteiger partial charge in [0.25, 0.3) is 5.91 Å². The standard InChI is InChI=1S/C25H26F2N4O2/c1-4-5-14-33-20-11-12-21(22(26)16-20)25(32)28-24-13-8-18(15-23(24)27)30-29-17-6-9-19(10-7-17)31(2)3/h6-13,15-16H,4-5,14H2,1-3H3,(H,28,32). The van der Waals surface area contributed by atoms with Gasteiger partial charge >= 0.3 is 0 Å². The molecule has 172 valence electrons. The SMILES string of the molecule is CCCCOc1ccc(C(=O)Nc2ccc(N=Nc3ccc(N(C)C)cc3)cc2F)c(F)c1. The zero-order chi connectivity index (χ0) is 23.8. The molecule has 0 bridgehead atoms. The number of hydrogen-bond acceptors (Lipinski definition) is 5. The molecule has 0 aromatic heterocycles. The lowest BCUT2D eigenvalue weighted by Gasteiger charge is -2.11. The first-order valence-corrected chi connectivity index (χ1v) is 10.6. The third-order valence-electron chi connectivity index (χ3n) is 4.80. The van der Waals surface area contributed by atoms with Gasteiger partial charge in [-0.1, -0.05) is 13.3 Å². The second-order valence-electron chi connectivity index (χ2n) is 7.57. The average Bonchev–Trinajstić information content (AvgIpc) is 2.79. The highest BCUT2D eigenvalue weighted by molar-refractivity contribution is 6.04. The summed E-state index contributed by atoms with van der Waals surface area (Å²) in [5.74, 6) is -1.87. The van der Waals surface area contributed by atoms with Gasteiger partial charge in [0.2, 0.25) is 0 Å². The van der Waals surface area contributed by atoms with Crippen LogP contribution in [0.15, 0.2) is 70.9 Å². The molecule has 0 aliphatic carbocycles. The summed E-state index contributed by atoms with van der Waals surface area (Å²) in [6, 6.07) is 15.4. The Morgan fingerprint density at radius 1 is 0.939 bits per heavy atom. The summed E-state index contributed by atoms with van der Waals surface area (Å²) in [6.07, 6.45) is 1.81. The molecule has 3 aromatic rings. The van der Waals surface area contributed by atoms with Crippen molar-refractivity contribution in [3.05, 3.63) is 77.9 Å². The number of amides is 1. The largest absolute Gasteiger partial charge is 0.493 e. The Bertz CT molecular complexity index is 1130. The molecule has 0 atom stereocenters. The summed E-state index contributed by atoms with van der Waals surface area (Å²) in [4.78, 5) is 14.4. The van der Waals surface area contributed by atoms with Crippen LogP contribution in [0.5, 0.6) is 5.75 Å². The van der Waals surface area contributed by atoms with E-state index in [0.717, 1.165) is 30.7 Å². The van der Waals surface area contributed by atoms with Crippen LogP contribution >= 0.6 is 0 Å². The first-order chi connectivity index (χ1) is 15.9. The molecular weight excluding hydrogens is 426 g/mol. The first-order valence-electron chi connectivity index (χ1n) is 10.6.